The van der Waals surface area contributed by atoms with Gasteiger partial charge in [0.1, 0.15) is 0 Å². The largest absolute Gasteiger partial charge is 0.374 e. The van der Waals surface area contributed by atoms with E-state index in [1.54, 1.807) is 0 Å². The van der Waals surface area contributed by atoms with Crippen molar-refractivity contribution in [3.8, 4) is 0 Å². The number of hydrogen-bond acceptors (Lipinski definition) is 6. The van der Waals surface area contributed by atoms with Crippen molar-refractivity contribution in [2.24, 2.45) is 0 Å². The summed E-state index contributed by atoms with van der Waals surface area (Å²) < 4.78 is 32.4. The second-order valence-electron chi connectivity index (χ2n) is 4.17. The minimum Gasteiger partial charge on any atom is -0.374 e. The minimum atomic E-state index is -3.54. The van der Waals surface area contributed by atoms with E-state index in [0.29, 0.717) is 6.61 Å². The Labute approximate surface area is 121 Å². The van der Waals surface area contributed by atoms with Crippen LogP contribution in [0.25, 0.3) is 0 Å². The van der Waals surface area contributed by atoms with E-state index in [0.717, 1.165) is 31.0 Å². The fourth-order valence-corrected chi connectivity index (χ4v) is 4.23. The van der Waals surface area contributed by atoms with Crippen LogP contribution in [0.15, 0.2) is 10.4 Å². The summed E-state index contributed by atoms with van der Waals surface area (Å²) in [5.41, 5.74) is 0. The second kappa shape index (κ2) is 6.47. The van der Waals surface area contributed by atoms with Crippen LogP contribution in [0.5, 0.6) is 0 Å². The lowest BCUT2D eigenvalue weighted by Gasteiger charge is -2.31. The monoisotopic (exact) mass is 325 g/mol. The first kappa shape index (κ1) is 15.1. The van der Waals surface area contributed by atoms with E-state index in [9.17, 15) is 8.42 Å². The quantitative estimate of drug-likeness (QED) is 0.867. The van der Waals surface area contributed by atoms with Crippen molar-refractivity contribution < 1.29 is 13.2 Å². The van der Waals surface area contributed by atoms with Gasteiger partial charge >= 0.3 is 0 Å². The number of rotatable bonds is 5. The lowest BCUT2D eigenvalue weighted by molar-refractivity contribution is -0.0229. The van der Waals surface area contributed by atoms with Crippen molar-refractivity contribution in [3.05, 3.63) is 10.7 Å². The van der Waals surface area contributed by atoms with E-state index in [1.807, 2.05) is 0 Å². The van der Waals surface area contributed by atoms with Crippen LogP contribution < -0.4 is 4.72 Å². The lowest BCUT2D eigenvalue weighted by Crippen LogP contribution is -2.47. The Morgan fingerprint density at radius 1 is 1.68 bits per heavy atom. The van der Waals surface area contributed by atoms with Crippen molar-refractivity contribution in [2.75, 3.05) is 32.8 Å². The summed E-state index contributed by atoms with van der Waals surface area (Å²) in [6.07, 6.45) is 1.14. The first-order valence-electron chi connectivity index (χ1n) is 5.96. The molecule has 1 aromatic rings. The number of thiazole rings is 1. The van der Waals surface area contributed by atoms with Crippen molar-refractivity contribution in [1.82, 2.24) is 14.6 Å². The van der Waals surface area contributed by atoms with Gasteiger partial charge in [-0.1, -0.05) is 29.9 Å². The molecule has 0 aromatic carbocycles. The zero-order valence-corrected chi connectivity index (χ0v) is 12.9. The molecule has 0 aliphatic carbocycles. The summed E-state index contributed by atoms with van der Waals surface area (Å²) in [6, 6.07) is 0. The third-order valence-electron chi connectivity index (χ3n) is 2.89. The average molecular weight is 326 g/mol. The van der Waals surface area contributed by atoms with Crippen molar-refractivity contribution in [3.63, 3.8) is 0 Å². The SMILES string of the molecule is CCN1CCOC(CNS(=O)(=O)c2cnc(Cl)s2)C1. The van der Waals surface area contributed by atoms with Crippen LogP contribution in [0.3, 0.4) is 0 Å². The summed E-state index contributed by atoms with van der Waals surface area (Å²) in [5, 5.41) is 0. The van der Waals surface area contributed by atoms with Crippen molar-refractivity contribution in [1.29, 1.82) is 0 Å². The standard InChI is InChI=1S/C10H16ClN3O3S2/c1-2-14-3-4-17-8(7-14)5-13-19(15,16)9-6-12-10(11)18-9/h6,8,13H,2-5,7H2,1H3. The highest BCUT2D eigenvalue weighted by atomic mass is 35.5. The van der Waals surface area contributed by atoms with Crippen molar-refractivity contribution in [2.45, 2.75) is 17.2 Å². The van der Waals surface area contributed by atoms with Crippen LogP contribution in [-0.4, -0.2) is 57.2 Å². The maximum absolute atomic E-state index is 12.0. The average Bonchev–Trinajstić information content (AvgIpc) is 2.84. The molecule has 1 saturated heterocycles. The van der Waals surface area contributed by atoms with Gasteiger partial charge in [0.05, 0.1) is 18.9 Å². The number of nitrogens with zero attached hydrogens (tertiary/aromatic N) is 2. The number of hydrogen-bond donors (Lipinski definition) is 1. The fourth-order valence-electron chi connectivity index (χ4n) is 1.83. The number of ether oxygens (including phenoxy) is 1. The number of likely N-dealkylation sites (N-methyl/N-ethyl adjacent to an activating group) is 1. The molecule has 1 aliphatic rings. The van der Waals surface area contributed by atoms with Gasteiger partial charge in [-0.2, -0.15) is 0 Å². The molecule has 0 bridgehead atoms. The number of aromatic nitrogens is 1. The highest BCUT2D eigenvalue weighted by Gasteiger charge is 2.23. The maximum Gasteiger partial charge on any atom is 0.251 e. The van der Waals surface area contributed by atoms with Crippen LogP contribution in [0.2, 0.25) is 4.47 Å². The summed E-state index contributed by atoms with van der Waals surface area (Å²) in [5.74, 6) is 0. The Balaban J connectivity index is 1.91. The Morgan fingerprint density at radius 3 is 3.11 bits per heavy atom. The molecule has 0 spiro atoms. The molecule has 1 unspecified atom stereocenters. The van der Waals surface area contributed by atoms with Gasteiger partial charge in [-0.25, -0.2) is 18.1 Å². The third-order valence-corrected chi connectivity index (χ3v) is 5.89. The van der Waals surface area contributed by atoms with Gasteiger partial charge in [-0.15, -0.1) is 0 Å². The van der Waals surface area contributed by atoms with Gasteiger partial charge in [-0.05, 0) is 6.54 Å². The normalized spacial score (nSPS) is 21.7. The fraction of sp³-hybridized carbons (Fsp3) is 0.700. The van der Waals surface area contributed by atoms with Crippen LogP contribution in [0.4, 0.5) is 0 Å². The Kier molecular flexibility index (Phi) is 5.15. The molecule has 2 heterocycles. The first-order valence-corrected chi connectivity index (χ1v) is 8.64. The number of sulfonamides is 1. The second-order valence-corrected chi connectivity index (χ2v) is 7.78. The van der Waals surface area contributed by atoms with E-state index < -0.39 is 10.0 Å². The minimum absolute atomic E-state index is 0.119. The number of halogens is 1. The highest BCUT2D eigenvalue weighted by Crippen LogP contribution is 2.22. The van der Waals surface area contributed by atoms with E-state index >= 15 is 0 Å². The lowest BCUT2D eigenvalue weighted by atomic mass is 10.3. The van der Waals surface area contributed by atoms with Gasteiger partial charge in [-0.3, -0.25) is 4.90 Å². The van der Waals surface area contributed by atoms with Crippen molar-refractivity contribution >= 4 is 33.0 Å². The van der Waals surface area contributed by atoms with Gasteiger partial charge in [0, 0.05) is 19.6 Å². The molecule has 0 radical (unpaired) electrons. The Bertz CT molecular complexity index is 520. The molecule has 1 N–H and O–H groups in total. The molecule has 0 saturated carbocycles. The van der Waals surface area contributed by atoms with E-state index in [1.165, 1.54) is 6.20 Å². The van der Waals surface area contributed by atoms with Crippen LogP contribution in [0, 0.1) is 0 Å². The van der Waals surface area contributed by atoms with Crippen LogP contribution in [0.1, 0.15) is 6.92 Å². The Hall–Kier alpha value is -0.250. The molecule has 1 fully saturated rings. The molecular formula is C10H16ClN3O3S2. The van der Waals surface area contributed by atoms with E-state index in [4.69, 9.17) is 16.3 Å². The van der Waals surface area contributed by atoms with Gasteiger partial charge < -0.3 is 4.74 Å². The summed E-state index contributed by atoms with van der Waals surface area (Å²) in [7, 11) is -3.54. The highest BCUT2D eigenvalue weighted by molar-refractivity contribution is 7.91. The summed E-state index contributed by atoms with van der Waals surface area (Å²) in [6.45, 7) is 5.54. The summed E-state index contributed by atoms with van der Waals surface area (Å²) in [4.78, 5) is 5.96. The molecule has 2 rings (SSSR count). The summed E-state index contributed by atoms with van der Waals surface area (Å²) >= 11 is 6.58. The van der Waals surface area contributed by atoms with Crippen LogP contribution >= 0.6 is 22.9 Å². The number of nitrogens with one attached hydrogen (secondary N) is 1. The zero-order valence-electron chi connectivity index (χ0n) is 10.5. The van der Waals surface area contributed by atoms with Gasteiger partial charge in [0.25, 0.3) is 10.0 Å². The maximum atomic E-state index is 12.0. The van der Waals surface area contributed by atoms with Gasteiger partial charge in [0.2, 0.25) is 0 Å². The van der Waals surface area contributed by atoms with E-state index in [-0.39, 0.29) is 21.3 Å². The predicted octanol–water partition coefficient (Wildman–Crippen LogP) is 0.796. The molecular weight excluding hydrogens is 310 g/mol. The molecule has 108 valence electrons. The topological polar surface area (TPSA) is 71.5 Å². The molecule has 1 aliphatic heterocycles. The van der Waals surface area contributed by atoms with Crippen LogP contribution in [-0.2, 0) is 14.8 Å². The molecule has 6 nitrogen and oxygen atoms in total. The zero-order chi connectivity index (χ0) is 13.9. The van der Waals surface area contributed by atoms with E-state index in [2.05, 4.69) is 21.5 Å². The molecule has 1 aromatic heterocycles. The third kappa shape index (κ3) is 4.11. The van der Waals surface area contributed by atoms with Gasteiger partial charge in [0.15, 0.2) is 8.68 Å². The smallest absolute Gasteiger partial charge is 0.251 e. The Morgan fingerprint density at radius 2 is 2.47 bits per heavy atom. The molecule has 1 atom stereocenters. The predicted molar refractivity (Wildman–Crippen MR) is 74.2 cm³/mol. The first-order chi connectivity index (χ1) is 9.01. The molecule has 19 heavy (non-hydrogen) atoms. The molecule has 0 amide bonds. The number of morpholine rings is 1. The molecule has 9 heteroatoms.